The van der Waals surface area contributed by atoms with Crippen LogP contribution in [0.5, 0.6) is 0 Å². The lowest BCUT2D eigenvalue weighted by Gasteiger charge is -2.39. The average molecular weight is 467 g/mol. The highest BCUT2D eigenvalue weighted by Gasteiger charge is 2.28. The molecule has 5 nitrogen and oxygen atoms in total. The molecule has 1 fully saturated rings. The Bertz CT molecular complexity index is 698. The Morgan fingerprint density at radius 1 is 1.38 bits per heavy atom. The molecule has 2 unspecified atom stereocenters. The van der Waals surface area contributed by atoms with Crippen LogP contribution in [0.15, 0.2) is 48.0 Å². The van der Waals surface area contributed by atoms with Crippen molar-refractivity contribution in [1.82, 2.24) is 19.8 Å². The first-order chi connectivity index (χ1) is 12.2. The van der Waals surface area contributed by atoms with Crippen LogP contribution in [-0.4, -0.2) is 40.0 Å². The average Bonchev–Trinajstić information content (AvgIpc) is 3.14. The lowest BCUT2D eigenvalue weighted by atomic mass is 9.93. The van der Waals surface area contributed by atoms with Crippen molar-refractivity contribution in [3.8, 4) is 0 Å². The summed E-state index contributed by atoms with van der Waals surface area (Å²) < 4.78 is 2.24. The molecule has 6 heteroatoms. The lowest BCUT2D eigenvalue weighted by Crippen LogP contribution is -2.49. The summed E-state index contributed by atoms with van der Waals surface area (Å²) in [5.41, 5.74) is 2.54. The molecule has 0 radical (unpaired) electrons. The second-order valence-electron chi connectivity index (χ2n) is 6.95. The monoisotopic (exact) mass is 467 g/mol. The van der Waals surface area contributed by atoms with Gasteiger partial charge in [0.1, 0.15) is 0 Å². The number of aryl methyl sites for hydroxylation is 1. The van der Waals surface area contributed by atoms with E-state index in [9.17, 15) is 0 Å². The van der Waals surface area contributed by atoms with Crippen molar-refractivity contribution in [3.63, 3.8) is 0 Å². The van der Waals surface area contributed by atoms with Crippen LogP contribution in [0.2, 0.25) is 0 Å². The Labute approximate surface area is 173 Å². The van der Waals surface area contributed by atoms with Gasteiger partial charge >= 0.3 is 0 Å². The van der Waals surface area contributed by atoms with E-state index in [1.807, 2.05) is 12.5 Å². The highest BCUT2D eigenvalue weighted by atomic mass is 127. The second-order valence-corrected chi connectivity index (χ2v) is 6.95. The summed E-state index contributed by atoms with van der Waals surface area (Å²) in [7, 11) is 0. The van der Waals surface area contributed by atoms with Crippen molar-refractivity contribution in [2.24, 2.45) is 10.9 Å². The molecule has 2 atom stereocenters. The molecular weight excluding hydrogens is 437 g/mol. The van der Waals surface area contributed by atoms with Gasteiger partial charge in [0.25, 0.3) is 0 Å². The third-order valence-corrected chi connectivity index (χ3v) is 4.95. The summed E-state index contributed by atoms with van der Waals surface area (Å²) >= 11 is 0. The summed E-state index contributed by atoms with van der Waals surface area (Å²) in [6, 6.07) is 9.02. The summed E-state index contributed by atoms with van der Waals surface area (Å²) in [5.74, 6) is 1.66. The molecule has 1 aliphatic heterocycles. The van der Waals surface area contributed by atoms with Gasteiger partial charge < -0.3 is 14.8 Å². The Balaban J connectivity index is 0.00000243. The molecule has 2 aromatic rings. The Kier molecular flexibility index (Phi) is 7.93. The van der Waals surface area contributed by atoms with Gasteiger partial charge in [-0.05, 0) is 31.7 Å². The van der Waals surface area contributed by atoms with Crippen molar-refractivity contribution in [2.75, 3.05) is 19.6 Å². The minimum Gasteiger partial charge on any atom is -0.357 e. The number of nitrogens with one attached hydrogen (secondary N) is 1. The zero-order valence-electron chi connectivity index (χ0n) is 15.9. The van der Waals surface area contributed by atoms with E-state index >= 15 is 0 Å². The van der Waals surface area contributed by atoms with E-state index in [0.717, 1.165) is 32.0 Å². The molecule has 0 spiro atoms. The first kappa shape index (κ1) is 20.7. The number of imidazole rings is 1. The molecule has 1 aromatic carbocycles. The molecule has 142 valence electrons. The van der Waals surface area contributed by atoms with Crippen molar-refractivity contribution in [2.45, 2.75) is 39.8 Å². The van der Waals surface area contributed by atoms with Crippen LogP contribution in [0.3, 0.4) is 0 Å². The maximum atomic E-state index is 4.90. The molecule has 1 aromatic heterocycles. The zero-order chi connectivity index (χ0) is 17.6. The van der Waals surface area contributed by atoms with Crippen molar-refractivity contribution in [3.05, 3.63) is 54.1 Å². The maximum absolute atomic E-state index is 4.90. The normalized spacial score (nSPS) is 20.6. The number of nitrogens with zero attached hydrogens (tertiary/aromatic N) is 4. The molecule has 1 saturated heterocycles. The smallest absolute Gasteiger partial charge is 0.194 e. The first-order valence-electron chi connectivity index (χ1n) is 9.23. The molecule has 1 N–H and O–H groups in total. The molecule has 0 saturated carbocycles. The zero-order valence-corrected chi connectivity index (χ0v) is 18.3. The number of likely N-dealkylation sites (tertiary alicyclic amines) is 1. The summed E-state index contributed by atoms with van der Waals surface area (Å²) in [6.45, 7) is 10.2. The van der Waals surface area contributed by atoms with E-state index in [-0.39, 0.29) is 24.0 Å². The van der Waals surface area contributed by atoms with Gasteiger partial charge in [-0.2, -0.15) is 0 Å². The Morgan fingerprint density at radius 2 is 2.23 bits per heavy atom. The molecule has 0 aliphatic carbocycles. The summed E-state index contributed by atoms with van der Waals surface area (Å²) in [4.78, 5) is 11.5. The van der Waals surface area contributed by atoms with Gasteiger partial charge in [-0.3, -0.25) is 0 Å². The van der Waals surface area contributed by atoms with Gasteiger partial charge in [0, 0.05) is 32.0 Å². The predicted molar refractivity (Wildman–Crippen MR) is 118 cm³/mol. The molecule has 1 aliphatic rings. The molecular formula is C20H30IN5. The number of aliphatic imine (C=N–C) groups is 1. The summed E-state index contributed by atoms with van der Waals surface area (Å²) in [6.07, 6.45) is 7.03. The van der Waals surface area contributed by atoms with E-state index in [0.29, 0.717) is 18.5 Å². The number of piperidine rings is 1. The fraction of sp³-hybridized carbons (Fsp3) is 0.500. The highest BCUT2D eigenvalue weighted by Crippen LogP contribution is 2.27. The van der Waals surface area contributed by atoms with Crippen LogP contribution in [0.25, 0.3) is 0 Å². The largest absolute Gasteiger partial charge is 0.357 e. The van der Waals surface area contributed by atoms with Gasteiger partial charge in [-0.25, -0.2) is 9.98 Å². The number of guanidine groups is 1. The minimum atomic E-state index is 0. The number of hydrogen-bond acceptors (Lipinski definition) is 2. The Morgan fingerprint density at radius 3 is 2.92 bits per heavy atom. The van der Waals surface area contributed by atoms with Gasteiger partial charge in [0.15, 0.2) is 5.96 Å². The van der Waals surface area contributed by atoms with E-state index in [1.165, 1.54) is 11.1 Å². The molecule has 26 heavy (non-hydrogen) atoms. The molecule has 3 rings (SSSR count). The standard InChI is InChI=1S/C20H29N5.HI/c1-4-22-20(23-13-18-7-5-6-16(2)12-18)24-10-8-17(3)19(14-24)25-11-9-21-15-25;/h5-7,9,11-12,15,17,19H,4,8,10,13-14H2,1-3H3,(H,22,23);1H. The molecule has 0 bridgehead atoms. The first-order valence-corrected chi connectivity index (χ1v) is 9.23. The summed E-state index contributed by atoms with van der Waals surface area (Å²) in [5, 5.41) is 3.47. The number of hydrogen-bond donors (Lipinski definition) is 1. The van der Waals surface area contributed by atoms with Crippen molar-refractivity contribution < 1.29 is 0 Å². The number of halogens is 1. The van der Waals surface area contributed by atoms with Crippen LogP contribution < -0.4 is 5.32 Å². The van der Waals surface area contributed by atoms with Crippen LogP contribution in [0.1, 0.15) is 37.4 Å². The third kappa shape index (κ3) is 5.22. The van der Waals surface area contributed by atoms with Gasteiger partial charge in [0.05, 0.1) is 18.9 Å². The SMILES string of the molecule is CCNC(=NCc1cccc(C)c1)N1CCC(C)C(n2ccnc2)C1.I. The fourth-order valence-corrected chi connectivity index (χ4v) is 3.50. The van der Waals surface area contributed by atoms with Crippen LogP contribution in [0.4, 0.5) is 0 Å². The maximum Gasteiger partial charge on any atom is 0.194 e. The van der Waals surface area contributed by atoms with Gasteiger partial charge in [-0.15, -0.1) is 24.0 Å². The minimum absolute atomic E-state index is 0. The molecule has 0 amide bonds. The van der Waals surface area contributed by atoms with Gasteiger partial charge in [-0.1, -0.05) is 36.8 Å². The number of benzene rings is 1. The topological polar surface area (TPSA) is 45.5 Å². The fourth-order valence-electron chi connectivity index (χ4n) is 3.50. The van der Waals surface area contributed by atoms with Crippen molar-refractivity contribution in [1.29, 1.82) is 0 Å². The van der Waals surface area contributed by atoms with E-state index in [1.54, 1.807) is 0 Å². The predicted octanol–water partition coefficient (Wildman–Crippen LogP) is 3.86. The van der Waals surface area contributed by atoms with E-state index in [4.69, 9.17) is 4.99 Å². The van der Waals surface area contributed by atoms with Gasteiger partial charge in [0.2, 0.25) is 0 Å². The quantitative estimate of drug-likeness (QED) is 0.422. The van der Waals surface area contributed by atoms with Crippen LogP contribution >= 0.6 is 24.0 Å². The van der Waals surface area contributed by atoms with Crippen LogP contribution in [-0.2, 0) is 6.54 Å². The van der Waals surface area contributed by atoms with Crippen molar-refractivity contribution >= 4 is 29.9 Å². The number of rotatable bonds is 4. The van der Waals surface area contributed by atoms with E-state index < -0.39 is 0 Å². The number of aromatic nitrogens is 2. The lowest BCUT2D eigenvalue weighted by molar-refractivity contribution is 0.189. The molecule has 2 heterocycles. The van der Waals surface area contributed by atoms with Crippen LogP contribution in [0, 0.1) is 12.8 Å². The Hall–Kier alpha value is -1.57. The van der Waals surface area contributed by atoms with E-state index in [2.05, 4.69) is 71.0 Å². The third-order valence-electron chi connectivity index (χ3n) is 4.95. The second kappa shape index (κ2) is 9.94. The highest BCUT2D eigenvalue weighted by molar-refractivity contribution is 14.0.